The van der Waals surface area contributed by atoms with Crippen LogP contribution in [0, 0.1) is 11.8 Å². The number of likely N-dealkylation sites (tertiary alicyclic amines) is 1. The van der Waals surface area contributed by atoms with E-state index in [1.54, 1.807) is 22.7 Å². The molecule has 1 saturated heterocycles. The minimum absolute atomic E-state index is 0.0136. The number of hydrogen-bond acceptors (Lipinski definition) is 3. The summed E-state index contributed by atoms with van der Waals surface area (Å²) in [6.45, 7) is 4.62. The Labute approximate surface area is 112 Å². The number of amides is 1. The lowest BCUT2D eigenvalue weighted by molar-refractivity contribution is -0.142. The number of hydrogen-bond donors (Lipinski definition) is 1. The van der Waals surface area contributed by atoms with E-state index in [0.29, 0.717) is 12.2 Å². The highest BCUT2D eigenvalue weighted by Crippen LogP contribution is 2.24. The van der Waals surface area contributed by atoms with Crippen LogP contribution >= 0.6 is 0 Å². The lowest BCUT2D eigenvalue weighted by atomic mass is 9.99. The largest absolute Gasteiger partial charge is 0.481 e. The molecule has 0 aromatic carbocycles. The van der Waals surface area contributed by atoms with Crippen molar-refractivity contribution in [2.45, 2.75) is 20.3 Å². The van der Waals surface area contributed by atoms with Gasteiger partial charge in [0.2, 0.25) is 0 Å². The van der Waals surface area contributed by atoms with E-state index in [-0.39, 0.29) is 18.4 Å². The quantitative estimate of drug-likeness (QED) is 0.876. The molecule has 2 heterocycles. The van der Waals surface area contributed by atoms with Gasteiger partial charge in [-0.1, -0.05) is 13.8 Å². The molecule has 0 bridgehead atoms. The monoisotopic (exact) mass is 265 g/mol. The van der Waals surface area contributed by atoms with Gasteiger partial charge in [-0.3, -0.25) is 14.3 Å². The molecular weight excluding hydrogens is 246 g/mol. The molecule has 6 nitrogen and oxygen atoms in total. The average Bonchev–Trinajstić information content (AvgIpc) is 2.91. The van der Waals surface area contributed by atoms with Crippen LogP contribution in [0.4, 0.5) is 0 Å². The van der Waals surface area contributed by atoms with Crippen molar-refractivity contribution in [3.8, 4) is 0 Å². The predicted molar refractivity (Wildman–Crippen MR) is 68.8 cm³/mol. The van der Waals surface area contributed by atoms with E-state index >= 15 is 0 Å². The zero-order valence-electron chi connectivity index (χ0n) is 11.5. The molecule has 2 rings (SSSR count). The minimum Gasteiger partial charge on any atom is -0.481 e. The van der Waals surface area contributed by atoms with Crippen molar-refractivity contribution in [3.05, 3.63) is 17.5 Å². The molecule has 1 N–H and O–H groups in total. The van der Waals surface area contributed by atoms with Gasteiger partial charge in [0, 0.05) is 20.1 Å². The average molecular weight is 265 g/mol. The van der Waals surface area contributed by atoms with Crippen LogP contribution in [-0.2, 0) is 18.3 Å². The van der Waals surface area contributed by atoms with E-state index in [1.165, 1.54) is 0 Å². The first-order valence-electron chi connectivity index (χ1n) is 6.49. The third-order valence-electron chi connectivity index (χ3n) is 3.73. The molecule has 1 aromatic rings. The number of carboxylic acid groups (broad SMARTS) is 1. The molecule has 19 heavy (non-hydrogen) atoms. The molecule has 2 unspecified atom stereocenters. The first kappa shape index (κ1) is 13.6. The van der Waals surface area contributed by atoms with Crippen molar-refractivity contribution >= 4 is 11.9 Å². The van der Waals surface area contributed by atoms with Crippen molar-refractivity contribution in [1.29, 1.82) is 0 Å². The second kappa shape index (κ2) is 5.03. The molecule has 6 heteroatoms. The number of carboxylic acids is 1. The summed E-state index contributed by atoms with van der Waals surface area (Å²) in [5.41, 5.74) is 1.39. The van der Waals surface area contributed by atoms with Gasteiger partial charge in [-0.05, 0) is 18.4 Å². The van der Waals surface area contributed by atoms with Crippen molar-refractivity contribution in [2.75, 3.05) is 13.1 Å². The normalized spacial score (nSPS) is 22.8. The van der Waals surface area contributed by atoms with E-state index in [9.17, 15) is 9.59 Å². The molecule has 0 saturated carbocycles. The van der Waals surface area contributed by atoms with Gasteiger partial charge < -0.3 is 10.0 Å². The van der Waals surface area contributed by atoms with Gasteiger partial charge in [-0.2, -0.15) is 5.10 Å². The van der Waals surface area contributed by atoms with E-state index in [1.807, 2.05) is 13.8 Å². The van der Waals surface area contributed by atoms with Crippen molar-refractivity contribution in [2.24, 2.45) is 18.9 Å². The zero-order chi connectivity index (χ0) is 14.2. The van der Waals surface area contributed by atoms with Gasteiger partial charge in [-0.15, -0.1) is 0 Å². The van der Waals surface area contributed by atoms with Crippen LogP contribution in [0.15, 0.2) is 6.07 Å². The molecule has 0 radical (unpaired) electrons. The lowest BCUT2D eigenvalue weighted by Crippen LogP contribution is -2.31. The van der Waals surface area contributed by atoms with Gasteiger partial charge in [0.25, 0.3) is 5.91 Å². The second-order valence-corrected chi connectivity index (χ2v) is 5.13. The summed E-state index contributed by atoms with van der Waals surface area (Å²) in [4.78, 5) is 25.1. The Kier molecular flexibility index (Phi) is 3.59. The molecule has 1 aromatic heterocycles. The number of aryl methyl sites for hydroxylation is 2. The Morgan fingerprint density at radius 3 is 2.63 bits per heavy atom. The molecule has 0 spiro atoms. The van der Waals surface area contributed by atoms with Crippen LogP contribution in [0.1, 0.15) is 30.0 Å². The van der Waals surface area contributed by atoms with Crippen LogP contribution in [0.5, 0.6) is 0 Å². The Morgan fingerprint density at radius 2 is 2.16 bits per heavy atom. The zero-order valence-corrected chi connectivity index (χ0v) is 11.5. The fourth-order valence-corrected chi connectivity index (χ4v) is 2.52. The van der Waals surface area contributed by atoms with Gasteiger partial charge >= 0.3 is 5.97 Å². The second-order valence-electron chi connectivity index (χ2n) is 5.13. The van der Waals surface area contributed by atoms with Crippen LogP contribution < -0.4 is 0 Å². The summed E-state index contributed by atoms with van der Waals surface area (Å²) >= 11 is 0. The number of rotatable bonds is 3. The fraction of sp³-hybridized carbons (Fsp3) is 0.615. The van der Waals surface area contributed by atoms with E-state index in [0.717, 1.165) is 12.1 Å². The van der Waals surface area contributed by atoms with Crippen molar-refractivity contribution < 1.29 is 14.7 Å². The van der Waals surface area contributed by atoms with Crippen molar-refractivity contribution in [3.63, 3.8) is 0 Å². The van der Waals surface area contributed by atoms with Gasteiger partial charge in [0.1, 0.15) is 5.69 Å². The van der Waals surface area contributed by atoms with Crippen molar-refractivity contribution in [1.82, 2.24) is 14.7 Å². The molecule has 104 valence electrons. The first-order chi connectivity index (χ1) is 8.93. The Morgan fingerprint density at radius 1 is 1.47 bits per heavy atom. The Balaban J connectivity index is 2.17. The van der Waals surface area contributed by atoms with Crippen LogP contribution in [-0.4, -0.2) is 44.8 Å². The minimum atomic E-state index is -0.831. The highest BCUT2D eigenvalue weighted by Gasteiger charge is 2.37. The summed E-state index contributed by atoms with van der Waals surface area (Å²) in [6.07, 6.45) is 0.773. The standard InChI is InChI=1S/C13H19N3O3/c1-4-9-5-11(15(3)14-9)12(17)16-6-8(2)10(7-16)13(18)19/h5,8,10H,4,6-7H2,1-3H3,(H,18,19). The number of carbonyl (C=O) groups excluding carboxylic acids is 1. The molecule has 1 amide bonds. The summed E-state index contributed by atoms with van der Waals surface area (Å²) in [5, 5.41) is 13.3. The first-order valence-corrected chi connectivity index (χ1v) is 6.49. The van der Waals surface area contributed by atoms with Gasteiger partial charge in [-0.25, -0.2) is 0 Å². The van der Waals surface area contributed by atoms with E-state index in [2.05, 4.69) is 5.10 Å². The summed E-state index contributed by atoms with van der Waals surface area (Å²) in [7, 11) is 1.74. The predicted octanol–water partition coefficient (Wildman–Crippen LogP) is 0.775. The maximum Gasteiger partial charge on any atom is 0.308 e. The summed E-state index contributed by atoms with van der Waals surface area (Å²) in [6, 6.07) is 1.78. The molecule has 1 fully saturated rings. The smallest absolute Gasteiger partial charge is 0.308 e. The number of nitrogens with zero attached hydrogens (tertiary/aromatic N) is 3. The van der Waals surface area contributed by atoms with Crippen LogP contribution in [0.2, 0.25) is 0 Å². The van der Waals surface area contributed by atoms with Crippen LogP contribution in [0.25, 0.3) is 0 Å². The number of carbonyl (C=O) groups is 2. The third kappa shape index (κ3) is 2.47. The highest BCUT2D eigenvalue weighted by atomic mass is 16.4. The lowest BCUT2D eigenvalue weighted by Gasteiger charge is -2.15. The SMILES string of the molecule is CCc1cc(C(=O)N2CC(C)C(C(=O)O)C2)n(C)n1. The summed E-state index contributed by atoms with van der Waals surface area (Å²) in [5.74, 6) is -1.45. The maximum absolute atomic E-state index is 12.4. The molecule has 1 aliphatic heterocycles. The highest BCUT2D eigenvalue weighted by molar-refractivity contribution is 5.93. The molecule has 0 aliphatic carbocycles. The third-order valence-corrected chi connectivity index (χ3v) is 3.73. The topological polar surface area (TPSA) is 75.4 Å². The summed E-state index contributed by atoms with van der Waals surface area (Å²) < 4.78 is 1.57. The number of aliphatic carboxylic acids is 1. The van der Waals surface area contributed by atoms with Crippen LogP contribution in [0.3, 0.4) is 0 Å². The van der Waals surface area contributed by atoms with Gasteiger partial charge in [0.05, 0.1) is 11.6 Å². The van der Waals surface area contributed by atoms with Gasteiger partial charge in [0.15, 0.2) is 0 Å². The molecular formula is C13H19N3O3. The Bertz CT molecular complexity index is 509. The molecule has 2 atom stereocenters. The fourth-order valence-electron chi connectivity index (χ4n) is 2.52. The maximum atomic E-state index is 12.4. The van der Waals surface area contributed by atoms with E-state index < -0.39 is 11.9 Å². The number of aromatic nitrogens is 2. The Hall–Kier alpha value is -1.85. The van der Waals surface area contributed by atoms with E-state index in [4.69, 9.17) is 5.11 Å². The molecule has 1 aliphatic rings.